The molecule has 0 aliphatic carbocycles. The summed E-state index contributed by atoms with van der Waals surface area (Å²) in [5.41, 5.74) is 6.82. The first-order valence-corrected chi connectivity index (χ1v) is 7.82. The lowest BCUT2D eigenvalue weighted by Crippen LogP contribution is -2.46. The molecule has 1 aliphatic rings. The fraction of sp³-hybridized carbons (Fsp3) is 0.571. The molecule has 0 spiro atoms. The maximum absolute atomic E-state index is 13.6. The van der Waals surface area contributed by atoms with Crippen molar-refractivity contribution in [2.45, 2.75) is 24.6 Å². The molecule has 2 nitrogen and oxygen atoms in total. The van der Waals surface area contributed by atoms with Gasteiger partial charge in [-0.25, -0.2) is 4.39 Å². The number of rotatable bonds is 3. The van der Waals surface area contributed by atoms with Crippen LogP contribution >= 0.6 is 23.4 Å². The van der Waals surface area contributed by atoms with E-state index < -0.39 is 0 Å². The van der Waals surface area contributed by atoms with Crippen LogP contribution < -0.4 is 5.73 Å². The molecule has 0 saturated carbocycles. The average Bonchev–Trinajstić information content (AvgIpc) is 2.33. The minimum Gasteiger partial charge on any atom is -0.329 e. The lowest BCUT2D eigenvalue weighted by Gasteiger charge is -2.41. The summed E-state index contributed by atoms with van der Waals surface area (Å²) >= 11 is 7.71. The summed E-state index contributed by atoms with van der Waals surface area (Å²) in [6.07, 6.45) is 0. The van der Waals surface area contributed by atoms with Crippen LogP contribution in [-0.4, -0.2) is 35.0 Å². The molecule has 1 aromatic carbocycles. The van der Waals surface area contributed by atoms with Gasteiger partial charge in [0, 0.05) is 36.2 Å². The Balaban J connectivity index is 2.21. The van der Waals surface area contributed by atoms with Crippen LogP contribution in [0.1, 0.15) is 25.5 Å². The molecule has 1 heterocycles. The molecule has 1 aromatic rings. The van der Waals surface area contributed by atoms with Crippen molar-refractivity contribution >= 4 is 23.4 Å². The molecule has 106 valence electrons. The van der Waals surface area contributed by atoms with Gasteiger partial charge in [0.1, 0.15) is 5.82 Å². The van der Waals surface area contributed by atoms with Gasteiger partial charge in [0.25, 0.3) is 0 Å². The van der Waals surface area contributed by atoms with Crippen LogP contribution in [0.3, 0.4) is 0 Å². The number of nitrogens with two attached hydrogens (primary N) is 1. The molecule has 0 bridgehead atoms. The second-order valence-electron chi connectivity index (χ2n) is 5.50. The van der Waals surface area contributed by atoms with Crippen molar-refractivity contribution in [3.8, 4) is 0 Å². The van der Waals surface area contributed by atoms with Crippen molar-refractivity contribution in [3.05, 3.63) is 34.6 Å². The smallest absolute Gasteiger partial charge is 0.142 e. The van der Waals surface area contributed by atoms with E-state index in [1.54, 1.807) is 6.07 Å². The molecule has 0 aromatic heterocycles. The largest absolute Gasteiger partial charge is 0.329 e. The van der Waals surface area contributed by atoms with Gasteiger partial charge < -0.3 is 5.73 Å². The first-order valence-electron chi connectivity index (χ1n) is 6.46. The Labute approximate surface area is 123 Å². The highest BCUT2D eigenvalue weighted by atomic mass is 35.5. The van der Waals surface area contributed by atoms with E-state index in [0.29, 0.717) is 6.54 Å². The van der Waals surface area contributed by atoms with Gasteiger partial charge in [-0.3, -0.25) is 4.90 Å². The van der Waals surface area contributed by atoms with Crippen LogP contribution in [-0.2, 0) is 0 Å². The van der Waals surface area contributed by atoms with Crippen LogP contribution in [0.4, 0.5) is 4.39 Å². The summed E-state index contributed by atoms with van der Waals surface area (Å²) < 4.78 is 13.8. The predicted octanol–water partition coefficient (Wildman–Crippen LogP) is 3.31. The second kappa shape index (κ2) is 6.00. The number of benzene rings is 1. The zero-order valence-corrected chi connectivity index (χ0v) is 12.9. The minimum absolute atomic E-state index is 0.0620. The van der Waals surface area contributed by atoms with Crippen LogP contribution in [0.2, 0.25) is 5.02 Å². The van der Waals surface area contributed by atoms with E-state index in [-0.39, 0.29) is 21.6 Å². The Morgan fingerprint density at radius 1 is 1.53 bits per heavy atom. The summed E-state index contributed by atoms with van der Waals surface area (Å²) in [5, 5.41) is 0.161. The van der Waals surface area contributed by atoms with E-state index in [2.05, 4.69) is 18.7 Å². The molecular weight excluding hydrogens is 283 g/mol. The number of halogens is 2. The van der Waals surface area contributed by atoms with Crippen LogP contribution in [0.15, 0.2) is 18.2 Å². The highest BCUT2D eigenvalue weighted by Crippen LogP contribution is 2.34. The van der Waals surface area contributed by atoms with Gasteiger partial charge in [-0.15, -0.1) is 0 Å². The standard InChI is InChI=1S/C14H20ClFN2S/c1-14(2)9-18(5-6-19-14)13(8-17)10-3-4-11(15)12(16)7-10/h3-4,7,13H,5-6,8-9,17H2,1-2H3. The van der Waals surface area contributed by atoms with Crippen molar-refractivity contribution in [3.63, 3.8) is 0 Å². The Morgan fingerprint density at radius 3 is 2.84 bits per heavy atom. The van der Waals surface area contributed by atoms with E-state index >= 15 is 0 Å². The van der Waals surface area contributed by atoms with E-state index in [1.165, 1.54) is 6.07 Å². The molecule has 1 aliphatic heterocycles. The Bertz CT molecular complexity index is 453. The molecule has 1 unspecified atom stereocenters. The lowest BCUT2D eigenvalue weighted by molar-refractivity contribution is 0.192. The third-order valence-electron chi connectivity index (χ3n) is 3.45. The van der Waals surface area contributed by atoms with Gasteiger partial charge in [-0.05, 0) is 31.5 Å². The maximum atomic E-state index is 13.6. The van der Waals surface area contributed by atoms with Gasteiger partial charge in [-0.2, -0.15) is 11.8 Å². The Kier molecular flexibility index (Phi) is 4.77. The number of hydrogen-bond acceptors (Lipinski definition) is 3. The van der Waals surface area contributed by atoms with Crippen molar-refractivity contribution < 1.29 is 4.39 Å². The van der Waals surface area contributed by atoms with E-state index in [9.17, 15) is 4.39 Å². The van der Waals surface area contributed by atoms with Gasteiger partial charge in [0.2, 0.25) is 0 Å². The van der Waals surface area contributed by atoms with Gasteiger partial charge in [-0.1, -0.05) is 17.7 Å². The van der Waals surface area contributed by atoms with Crippen molar-refractivity contribution in [1.82, 2.24) is 4.90 Å². The van der Waals surface area contributed by atoms with Crippen LogP contribution in [0.25, 0.3) is 0 Å². The molecule has 1 saturated heterocycles. The number of thioether (sulfide) groups is 1. The van der Waals surface area contributed by atoms with Gasteiger partial charge in [0.15, 0.2) is 0 Å². The minimum atomic E-state index is -0.372. The van der Waals surface area contributed by atoms with E-state index in [0.717, 1.165) is 24.4 Å². The normalized spacial score (nSPS) is 21.3. The van der Waals surface area contributed by atoms with Crippen LogP contribution in [0.5, 0.6) is 0 Å². The highest BCUT2D eigenvalue weighted by Gasteiger charge is 2.31. The summed E-state index contributed by atoms with van der Waals surface area (Å²) in [4.78, 5) is 2.35. The third-order valence-corrected chi connectivity index (χ3v) is 5.05. The predicted molar refractivity (Wildman–Crippen MR) is 81.3 cm³/mol. The molecule has 2 N–H and O–H groups in total. The molecule has 1 fully saturated rings. The SMILES string of the molecule is CC1(C)CN(C(CN)c2ccc(Cl)c(F)c2)CCS1. The van der Waals surface area contributed by atoms with Crippen molar-refractivity contribution in [1.29, 1.82) is 0 Å². The first-order chi connectivity index (χ1) is 8.93. The summed E-state index contributed by atoms with van der Waals surface area (Å²) in [6, 6.07) is 5.05. The topological polar surface area (TPSA) is 29.3 Å². The lowest BCUT2D eigenvalue weighted by atomic mass is 10.0. The molecule has 2 rings (SSSR count). The monoisotopic (exact) mass is 302 g/mol. The Hall–Kier alpha value is -0.290. The number of nitrogens with zero attached hydrogens (tertiary/aromatic N) is 1. The summed E-state index contributed by atoms with van der Waals surface area (Å²) in [5.74, 6) is 0.711. The first kappa shape index (κ1) is 15.1. The Morgan fingerprint density at radius 2 is 2.26 bits per heavy atom. The maximum Gasteiger partial charge on any atom is 0.142 e. The van der Waals surface area contributed by atoms with Crippen molar-refractivity contribution in [2.75, 3.05) is 25.4 Å². The summed E-state index contributed by atoms with van der Waals surface area (Å²) in [7, 11) is 0. The van der Waals surface area contributed by atoms with E-state index in [1.807, 2.05) is 17.8 Å². The zero-order chi connectivity index (χ0) is 14.0. The average molecular weight is 303 g/mol. The van der Waals surface area contributed by atoms with Crippen LogP contribution in [0, 0.1) is 5.82 Å². The molecule has 0 radical (unpaired) electrons. The zero-order valence-electron chi connectivity index (χ0n) is 11.3. The number of hydrogen-bond donors (Lipinski definition) is 1. The molecule has 1 atom stereocenters. The molecular formula is C14H20ClFN2S. The van der Waals surface area contributed by atoms with E-state index in [4.69, 9.17) is 17.3 Å². The third kappa shape index (κ3) is 3.63. The summed E-state index contributed by atoms with van der Waals surface area (Å²) in [6.45, 7) is 6.91. The molecule has 19 heavy (non-hydrogen) atoms. The quantitative estimate of drug-likeness (QED) is 0.929. The highest BCUT2D eigenvalue weighted by molar-refractivity contribution is 8.00. The fourth-order valence-electron chi connectivity index (χ4n) is 2.53. The molecule has 5 heteroatoms. The van der Waals surface area contributed by atoms with Gasteiger partial charge >= 0.3 is 0 Å². The van der Waals surface area contributed by atoms with Gasteiger partial charge in [0.05, 0.1) is 5.02 Å². The van der Waals surface area contributed by atoms with Crippen molar-refractivity contribution in [2.24, 2.45) is 5.73 Å². The molecule has 0 amide bonds. The second-order valence-corrected chi connectivity index (χ2v) is 7.71. The fourth-order valence-corrected chi connectivity index (χ4v) is 3.79.